The lowest BCUT2D eigenvalue weighted by Crippen LogP contribution is -2.34. The summed E-state index contributed by atoms with van der Waals surface area (Å²) in [5.41, 5.74) is 1.39. The summed E-state index contributed by atoms with van der Waals surface area (Å²) in [5, 5.41) is 0. The Morgan fingerprint density at radius 1 is 1.24 bits per heavy atom. The SMILES string of the molecule is Fc1cccc(CN2CCCC(c3cnccn3)C2)c1F. The molecule has 1 aliphatic heterocycles. The molecule has 0 aliphatic carbocycles. The van der Waals surface area contributed by atoms with Crippen LogP contribution in [0.3, 0.4) is 0 Å². The van der Waals surface area contributed by atoms with Gasteiger partial charge in [-0.3, -0.25) is 14.9 Å². The standard InChI is InChI=1S/C16H17F2N3/c17-14-5-1-3-13(16(14)18)11-21-8-2-4-12(10-21)15-9-19-6-7-20-15/h1,3,5-7,9,12H,2,4,8,10-11H2. The van der Waals surface area contributed by atoms with Crippen LogP contribution < -0.4 is 0 Å². The van der Waals surface area contributed by atoms with E-state index in [9.17, 15) is 8.78 Å². The van der Waals surface area contributed by atoms with E-state index in [4.69, 9.17) is 0 Å². The Morgan fingerprint density at radius 3 is 2.95 bits per heavy atom. The highest BCUT2D eigenvalue weighted by atomic mass is 19.2. The maximum Gasteiger partial charge on any atom is 0.163 e. The fourth-order valence-corrected chi connectivity index (χ4v) is 2.87. The van der Waals surface area contributed by atoms with Crippen molar-refractivity contribution < 1.29 is 8.78 Å². The fourth-order valence-electron chi connectivity index (χ4n) is 2.87. The van der Waals surface area contributed by atoms with Crippen molar-refractivity contribution in [3.63, 3.8) is 0 Å². The normalized spacial score (nSPS) is 19.6. The summed E-state index contributed by atoms with van der Waals surface area (Å²) in [4.78, 5) is 10.6. The van der Waals surface area contributed by atoms with Crippen LogP contribution in [-0.4, -0.2) is 28.0 Å². The lowest BCUT2D eigenvalue weighted by atomic mass is 9.94. The molecule has 5 heteroatoms. The minimum absolute atomic E-state index is 0.309. The topological polar surface area (TPSA) is 29.0 Å². The van der Waals surface area contributed by atoms with Gasteiger partial charge in [0.05, 0.1) is 5.69 Å². The molecule has 0 spiro atoms. The molecule has 1 saturated heterocycles. The first-order chi connectivity index (χ1) is 10.2. The van der Waals surface area contributed by atoms with E-state index in [1.807, 2.05) is 0 Å². The predicted octanol–water partition coefficient (Wildman–Crippen LogP) is 3.13. The van der Waals surface area contributed by atoms with Gasteiger partial charge in [-0.1, -0.05) is 12.1 Å². The molecule has 0 amide bonds. The maximum absolute atomic E-state index is 13.8. The molecule has 21 heavy (non-hydrogen) atoms. The quantitative estimate of drug-likeness (QED) is 0.869. The monoisotopic (exact) mass is 289 g/mol. The summed E-state index contributed by atoms with van der Waals surface area (Å²) in [6.45, 7) is 2.13. The molecule has 0 N–H and O–H groups in total. The van der Waals surface area contributed by atoms with Crippen molar-refractivity contribution in [1.29, 1.82) is 0 Å². The Balaban J connectivity index is 1.70. The van der Waals surface area contributed by atoms with E-state index in [0.717, 1.165) is 37.7 Å². The van der Waals surface area contributed by atoms with Gasteiger partial charge < -0.3 is 0 Å². The van der Waals surface area contributed by atoms with Gasteiger partial charge in [-0.05, 0) is 25.5 Å². The third-order valence-corrected chi connectivity index (χ3v) is 3.93. The van der Waals surface area contributed by atoms with Gasteiger partial charge in [0.25, 0.3) is 0 Å². The molecule has 2 heterocycles. The Bertz CT molecular complexity index is 604. The van der Waals surface area contributed by atoms with Crippen LogP contribution in [0.4, 0.5) is 8.78 Å². The first-order valence-corrected chi connectivity index (χ1v) is 7.15. The molecule has 1 aromatic heterocycles. The molecule has 1 unspecified atom stereocenters. The van der Waals surface area contributed by atoms with Gasteiger partial charge in [-0.2, -0.15) is 0 Å². The zero-order valence-corrected chi connectivity index (χ0v) is 11.7. The van der Waals surface area contributed by atoms with Crippen LogP contribution in [0.25, 0.3) is 0 Å². The molecule has 1 fully saturated rings. The van der Waals surface area contributed by atoms with E-state index >= 15 is 0 Å². The Kier molecular flexibility index (Phi) is 4.20. The number of rotatable bonds is 3. The summed E-state index contributed by atoms with van der Waals surface area (Å²) in [5.74, 6) is -1.21. The number of aromatic nitrogens is 2. The lowest BCUT2D eigenvalue weighted by molar-refractivity contribution is 0.195. The average Bonchev–Trinajstić information content (AvgIpc) is 2.53. The third kappa shape index (κ3) is 3.24. The van der Waals surface area contributed by atoms with Gasteiger partial charge in [0.1, 0.15) is 0 Å². The summed E-state index contributed by atoms with van der Waals surface area (Å²) in [6.07, 6.45) is 7.22. The molecule has 110 valence electrons. The Labute approximate surface area is 122 Å². The number of hydrogen-bond donors (Lipinski definition) is 0. The van der Waals surface area contributed by atoms with Crippen molar-refractivity contribution in [1.82, 2.24) is 14.9 Å². The van der Waals surface area contributed by atoms with Gasteiger partial charge in [-0.25, -0.2) is 8.78 Å². The highest BCUT2D eigenvalue weighted by molar-refractivity contribution is 5.19. The minimum atomic E-state index is -0.782. The van der Waals surface area contributed by atoms with E-state index in [1.54, 1.807) is 30.7 Å². The van der Waals surface area contributed by atoms with Crippen LogP contribution in [0, 0.1) is 11.6 Å². The highest BCUT2D eigenvalue weighted by Gasteiger charge is 2.23. The second kappa shape index (κ2) is 6.26. The van der Waals surface area contributed by atoms with Crippen molar-refractivity contribution >= 4 is 0 Å². The molecule has 1 aliphatic rings. The smallest absolute Gasteiger partial charge is 0.163 e. The molecule has 0 bridgehead atoms. The molecule has 1 atom stereocenters. The van der Waals surface area contributed by atoms with Crippen LogP contribution in [0.2, 0.25) is 0 Å². The number of piperidine rings is 1. The van der Waals surface area contributed by atoms with E-state index in [-0.39, 0.29) is 0 Å². The second-order valence-electron chi connectivity index (χ2n) is 5.42. The number of hydrogen-bond acceptors (Lipinski definition) is 3. The molecule has 0 saturated carbocycles. The predicted molar refractivity (Wildman–Crippen MR) is 75.6 cm³/mol. The zero-order chi connectivity index (χ0) is 14.7. The van der Waals surface area contributed by atoms with E-state index in [0.29, 0.717) is 18.0 Å². The molecule has 3 rings (SSSR count). The van der Waals surface area contributed by atoms with Gasteiger partial charge in [0.2, 0.25) is 0 Å². The van der Waals surface area contributed by atoms with Crippen molar-refractivity contribution in [2.75, 3.05) is 13.1 Å². The fraction of sp³-hybridized carbons (Fsp3) is 0.375. The first kappa shape index (κ1) is 14.1. The van der Waals surface area contributed by atoms with E-state index in [2.05, 4.69) is 14.9 Å². The van der Waals surface area contributed by atoms with Crippen LogP contribution in [0.5, 0.6) is 0 Å². The molecule has 3 nitrogen and oxygen atoms in total. The van der Waals surface area contributed by atoms with Gasteiger partial charge in [0.15, 0.2) is 11.6 Å². The van der Waals surface area contributed by atoms with Crippen molar-refractivity contribution in [2.24, 2.45) is 0 Å². The zero-order valence-electron chi connectivity index (χ0n) is 11.7. The van der Waals surface area contributed by atoms with E-state index < -0.39 is 11.6 Å². The Morgan fingerprint density at radius 2 is 2.14 bits per heavy atom. The molecular formula is C16H17F2N3. The lowest BCUT2D eigenvalue weighted by Gasteiger charge is -2.32. The first-order valence-electron chi connectivity index (χ1n) is 7.15. The number of nitrogens with zero attached hydrogens (tertiary/aromatic N) is 3. The summed E-state index contributed by atoms with van der Waals surface area (Å²) in [6, 6.07) is 4.35. The third-order valence-electron chi connectivity index (χ3n) is 3.93. The summed E-state index contributed by atoms with van der Waals surface area (Å²) in [7, 11) is 0. The average molecular weight is 289 g/mol. The number of benzene rings is 1. The van der Waals surface area contributed by atoms with E-state index in [1.165, 1.54) is 0 Å². The summed E-state index contributed by atoms with van der Waals surface area (Å²) >= 11 is 0. The largest absolute Gasteiger partial charge is 0.298 e. The minimum Gasteiger partial charge on any atom is -0.298 e. The Hall–Kier alpha value is -1.88. The number of halogens is 2. The highest BCUT2D eigenvalue weighted by Crippen LogP contribution is 2.26. The van der Waals surface area contributed by atoms with Crippen molar-refractivity contribution in [3.8, 4) is 0 Å². The molecule has 1 aromatic carbocycles. The van der Waals surface area contributed by atoms with Crippen molar-refractivity contribution in [3.05, 3.63) is 59.7 Å². The van der Waals surface area contributed by atoms with Crippen LogP contribution in [0.15, 0.2) is 36.8 Å². The number of likely N-dealkylation sites (tertiary alicyclic amines) is 1. The molecule has 2 aromatic rings. The maximum atomic E-state index is 13.8. The van der Waals surface area contributed by atoms with Crippen molar-refractivity contribution in [2.45, 2.75) is 25.3 Å². The molecule has 0 radical (unpaired) electrons. The second-order valence-corrected chi connectivity index (χ2v) is 5.42. The summed E-state index contributed by atoms with van der Waals surface area (Å²) < 4.78 is 27.0. The van der Waals surface area contributed by atoms with Gasteiger partial charge in [0, 0.05) is 43.2 Å². The van der Waals surface area contributed by atoms with Crippen LogP contribution in [-0.2, 0) is 6.54 Å². The van der Waals surface area contributed by atoms with Gasteiger partial charge >= 0.3 is 0 Å². The molecular weight excluding hydrogens is 272 g/mol. The van der Waals surface area contributed by atoms with Gasteiger partial charge in [-0.15, -0.1) is 0 Å². The van der Waals surface area contributed by atoms with Crippen LogP contribution in [0.1, 0.15) is 30.0 Å². The van der Waals surface area contributed by atoms with Crippen LogP contribution >= 0.6 is 0 Å².